The number of thiocarbonyl (C=S) groups is 1. The highest BCUT2D eigenvalue weighted by Crippen LogP contribution is 2.17. The molecule has 0 bridgehead atoms. The molecule has 0 aromatic heterocycles. The SMILES string of the molecule is CC1CCN(C(=O)NC2CCN(CC(N)=S)CC2)CC1. The summed E-state index contributed by atoms with van der Waals surface area (Å²) in [4.78, 5) is 17.0. The number of nitrogens with one attached hydrogen (secondary N) is 1. The van der Waals surface area contributed by atoms with Crippen LogP contribution in [0.25, 0.3) is 0 Å². The van der Waals surface area contributed by atoms with Gasteiger partial charge in [0, 0.05) is 38.8 Å². The first-order valence-electron chi connectivity index (χ1n) is 7.60. The molecule has 2 heterocycles. The Labute approximate surface area is 126 Å². The van der Waals surface area contributed by atoms with Crippen molar-refractivity contribution in [1.29, 1.82) is 0 Å². The number of nitrogens with zero attached hydrogens (tertiary/aromatic N) is 2. The number of carbonyl (C=O) groups excluding carboxylic acids is 1. The molecular formula is C14H26N4OS. The number of urea groups is 1. The average molecular weight is 298 g/mol. The zero-order chi connectivity index (χ0) is 14.5. The predicted molar refractivity (Wildman–Crippen MR) is 84.8 cm³/mol. The van der Waals surface area contributed by atoms with E-state index in [0.717, 1.165) is 57.8 Å². The third-order valence-electron chi connectivity index (χ3n) is 4.37. The molecule has 0 radical (unpaired) electrons. The van der Waals surface area contributed by atoms with Gasteiger partial charge in [-0.1, -0.05) is 19.1 Å². The molecule has 2 aliphatic rings. The van der Waals surface area contributed by atoms with Gasteiger partial charge in [-0.2, -0.15) is 0 Å². The van der Waals surface area contributed by atoms with Crippen LogP contribution < -0.4 is 11.1 Å². The van der Waals surface area contributed by atoms with Crippen LogP contribution in [0.3, 0.4) is 0 Å². The van der Waals surface area contributed by atoms with Crippen molar-refractivity contribution in [3.63, 3.8) is 0 Å². The van der Waals surface area contributed by atoms with E-state index < -0.39 is 0 Å². The Morgan fingerprint density at radius 3 is 2.35 bits per heavy atom. The zero-order valence-electron chi connectivity index (χ0n) is 12.3. The highest BCUT2D eigenvalue weighted by Gasteiger charge is 2.25. The monoisotopic (exact) mass is 298 g/mol. The van der Waals surface area contributed by atoms with Crippen molar-refractivity contribution in [2.24, 2.45) is 11.7 Å². The van der Waals surface area contributed by atoms with Crippen LogP contribution in [0.15, 0.2) is 0 Å². The Balaban J connectivity index is 1.69. The third-order valence-corrected chi connectivity index (χ3v) is 4.49. The number of nitrogens with two attached hydrogens (primary N) is 1. The number of hydrogen-bond donors (Lipinski definition) is 2. The summed E-state index contributed by atoms with van der Waals surface area (Å²) in [6.07, 6.45) is 4.22. The molecule has 2 rings (SSSR count). The molecule has 3 N–H and O–H groups in total. The van der Waals surface area contributed by atoms with E-state index in [0.29, 0.717) is 17.6 Å². The molecule has 2 amide bonds. The lowest BCUT2D eigenvalue weighted by Gasteiger charge is -2.35. The normalized spacial score (nSPS) is 22.8. The maximum Gasteiger partial charge on any atom is 0.317 e. The second-order valence-electron chi connectivity index (χ2n) is 6.14. The highest BCUT2D eigenvalue weighted by atomic mass is 32.1. The van der Waals surface area contributed by atoms with E-state index in [1.807, 2.05) is 4.90 Å². The molecular weight excluding hydrogens is 272 g/mol. The highest BCUT2D eigenvalue weighted by molar-refractivity contribution is 7.80. The van der Waals surface area contributed by atoms with Crippen molar-refractivity contribution in [2.45, 2.75) is 38.6 Å². The minimum Gasteiger partial charge on any atom is -0.392 e. The molecule has 114 valence electrons. The van der Waals surface area contributed by atoms with Crippen molar-refractivity contribution in [3.8, 4) is 0 Å². The molecule has 0 aliphatic carbocycles. The fourth-order valence-electron chi connectivity index (χ4n) is 2.93. The molecule has 0 unspecified atom stereocenters. The Morgan fingerprint density at radius 1 is 1.20 bits per heavy atom. The molecule has 2 fully saturated rings. The summed E-state index contributed by atoms with van der Waals surface area (Å²) >= 11 is 4.93. The molecule has 5 nitrogen and oxygen atoms in total. The van der Waals surface area contributed by atoms with Crippen molar-refractivity contribution in [2.75, 3.05) is 32.7 Å². The summed E-state index contributed by atoms with van der Waals surface area (Å²) in [5, 5.41) is 3.17. The van der Waals surface area contributed by atoms with Crippen molar-refractivity contribution in [3.05, 3.63) is 0 Å². The van der Waals surface area contributed by atoms with Crippen LogP contribution in [0.4, 0.5) is 4.79 Å². The molecule has 0 aromatic carbocycles. The Hall–Kier alpha value is -0.880. The second-order valence-corrected chi connectivity index (χ2v) is 6.66. The Kier molecular flexibility index (Phi) is 5.60. The predicted octanol–water partition coefficient (Wildman–Crippen LogP) is 1.18. The van der Waals surface area contributed by atoms with Crippen LogP contribution >= 0.6 is 12.2 Å². The van der Waals surface area contributed by atoms with Gasteiger partial charge >= 0.3 is 6.03 Å². The maximum atomic E-state index is 12.2. The molecule has 2 aliphatic heterocycles. The van der Waals surface area contributed by atoms with Crippen LogP contribution in [0.5, 0.6) is 0 Å². The minimum atomic E-state index is 0.115. The summed E-state index contributed by atoms with van der Waals surface area (Å²) in [5.41, 5.74) is 5.56. The minimum absolute atomic E-state index is 0.115. The van der Waals surface area contributed by atoms with Gasteiger partial charge < -0.3 is 16.0 Å². The van der Waals surface area contributed by atoms with Gasteiger partial charge in [-0.25, -0.2) is 4.79 Å². The third kappa shape index (κ3) is 4.59. The summed E-state index contributed by atoms with van der Waals surface area (Å²) in [6, 6.07) is 0.411. The standard InChI is InChI=1S/C14H26N4OS/c1-11-2-8-18(9-3-11)14(19)16-12-4-6-17(7-5-12)10-13(15)20/h11-12H,2-10H2,1H3,(H2,15,20)(H,16,19). The van der Waals surface area contributed by atoms with Crippen LogP contribution in [0.2, 0.25) is 0 Å². The molecule has 0 spiro atoms. The molecule has 0 atom stereocenters. The van der Waals surface area contributed by atoms with E-state index in [9.17, 15) is 4.79 Å². The van der Waals surface area contributed by atoms with Crippen LogP contribution in [-0.2, 0) is 0 Å². The Bertz CT molecular complexity index is 347. The van der Waals surface area contributed by atoms with E-state index >= 15 is 0 Å². The lowest BCUT2D eigenvalue weighted by Crippen LogP contribution is -2.51. The van der Waals surface area contributed by atoms with E-state index in [-0.39, 0.29) is 6.03 Å². The quantitative estimate of drug-likeness (QED) is 0.768. The average Bonchev–Trinajstić information content (AvgIpc) is 2.41. The number of hydrogen-bond acceptors (Lipinski definition) is 3. The smallest absolute Gasteiger partial charge is 0.317 e. The summed E-state index contributed by atoms with van der Waals surface area (Å²) in [5.74, 6) is 0.752. The fraction of sp³-hybridized carbons (Fsp3) is 0.857. The van der Waals surface area contributed by atoms with Gasteiger partial charge in [-0.15, -0.1) is 0 Å². The van der Waals surface area contributed by atoms with E-state index in [2.05, 4.69) is 17.1 Å². The first-order valence-corrected chi connectivity index (χ1v) is 8.01. The number of carbonyl (C=O) groups is 1. The van der Waals surface area contributed by atoms with Gasteiger partial charge in [-0.3, -0.25) is 4.90 Å². The maximum absolute atomic E-state index is 12.2. The van der Waals surface area contributed by atoms with Crippen molar-refractivity contribution >= 4 is 23.2 Å². The van der Waals surface area contributed by atoms with Crippen LogP contribution in [-0.4, -0.2) is 59.6 Å². The van der Waals surface area contributed by atoms with Crippen molar-refractivity contribution in [1.82, 2.24) is 15.1 Å². The number of likely N-dealkylation sites (tertiary alicyclic amines) is 2. The van der Waals surface area contributed by atoms with Gasteiger partial charge in [0.15, 0.2) is 0 Å². The first-order chi connectivity index (χ1) is 9.54. The lowest BCUT2D eigenvalue weighted by atomic mass is 9.99. The number of piperidine rings is 2. The molecule has 20 heavy (non-hydrogen) atoms. The Morgan fingerprint density at radius 2 is 1.80 bits per heavy atom. The van der Waals surface area contributed by atoms with Gasteiger partial charge in [0.25, 0.3) is 0 Å². The zero-order valence-corrected chi connectivity index (χ0v) is 13.1. The van der Waals surface area contributed by atoms with Crippen LogP contribution in [0.1, 0.15) is 32.6 Å². The molecule has 0 saturated carbocycles. The van der Waals surface area contributed by atoms with E-state index in [1.165, 1.54) is 0 Å². The molecule has 6 heteroatoms. The second kappa shape index (κ2) is 7.22. The van der Waals surface area contributed by atoms with Crippen LogP contribution in [0, 0.1) is 5.92 Å². The summed E-state index contributed by atoms with van der Waals surface area (Å²) in [7, 11) is 0. The van der Waals surface area contributed by atoms with Gasteiger partial charge in [0.05, 0.1) is 4.99 Å². The number of rotatable bonds is 3. The summed E-state index contributed by atoms with van der Waals surface area (Å²) in [6.45, 7) is 6.66. The number of amides is 2. The fourth-order valence-corrected chi connectivity index (χ4v) is 3.12. The molecule has 0 aromatic rings. The largest absolute Gasteiger partial charge is 0.392 e. The first kappa shape index (κ1) is 15.5. The van der Waals surface area contributed by atoms with Gasteiger partial charge in [0.2, 0.25) is 0 Å². The summed E-state index contributed by atoms with van der Waals surface area (Å²) < 4.78 is 0. The van der Waals surface area contributed by atoms with Gasteiger partial charge in [0.1, 0.15) is 0 Å². The topological polar surface area (TPSA) is 61.6 Å². The van der Waals surface area contributed by atoms with E-state index in [1.54, 1.807) is 0 Å². The van der Waals surface area contributed by atoms with Crippen molar-refractivity contribution < 1.29 is 4.79 Å². The lowest BCUT2D eigenvalue weighted by molar-refractivity contribution is 0.160. The molecule has 2 saturated heterocycles. The van der Waals surface area contributed by atoms with Gasteiger partial charge in [-0.05, 0) is 31.6 Å². The van der Waals surface area contributed by atoms with E-state index in [4.69, 9.17) is 18.0 Å².